The van der Waals surface area contributed by atoms with E-state index in [4.69, 9.17) is 5.73 Å². The lowest BCUT2D eigenvalue weighted by Gasteiger charge is -2.01. The van der Waals surface area contributed by atoms with Gasteiger partial charge in [-0.25, -0.2) is 0 Å². The third-order valence-electron chi connectivity index (χ3n) is 2.36. The summed E-state index contributed by atoms with van der Waals surface area (Å²) in [6.07, 6.45) is 3.72. The van der Waals surface area contributed by atoms with Crippen LogP contribution in [0.15, 0.2) is 54.9 Å². The Balaban J connectivity index is 2.19. The molecule has 0 aliphatic rings. The summed E-state index contributed by atoms with van der Waals surface area (Å²) in [4.78, 5) is 11.9. The Labute approximate surface area is 94.1 Å². The predicted molar refractivity (Wildman–Crippen MR) is 61.8 cm³/mol. The topological polar surface area (TPSA) is 47.0 Å². The van der Waals surface area contributed by atoms with Gasteiger partial charge in [0.2, 0.25) is 12.3 Å². The van der Waals surface area contributed by atoms with Crippen molar-refractivity contribution in [2.24, 2.45) is 0 Å². The summed E-state index contributed by atoms with van der Waals surface area (Å²) in [5.74, 6) is 0.0225. The van der Waals surface area contributed by atoms with Crippen LogP contribution in [0.25, 0.3) is 0 Å². The van der Waals surface area contributed by atoms with Crippen molar-refractivity contribution in [2.75, 3.05) is 5.73 Å². The molecule has 0 radical (unpaired) electrons. The number of carbonyl (C=O) groups excluding carboxylic acids is 1. The Morgan fingerprint density at radius 3 is 2.44 bits per heavy atom. The molecule has 0 aliphatic heterocycles. The van der Waals surface area contributed by atoms with Crippen LogP contribution >= 0.6 is 0 Å². The normalized spacial score (nSPS) is 10.0. The molecule has 2 aromatic rings. The van der Waals surface area contributed by atoms with Gasteiger partial charge >= 0.3 is 0 Å². The lowest BCUT2D eigenvalue weighted by atomic mass is 10.1. The standard InChI is InChI=1S/C13H12N2O/c14-12-7-3-2-6-11(12)13(16)10-15-8-4-1-5-9-15/h1-9H,10H2,(H-,14,16)/p+1. The number of Topliss-reactive ketones (excluding diaryl/α,β-unsaturated/α-hetero) is 1. The van der Waals surface area contributed by atoms with E-state index in [1.54, 1.807) is 12.1 Å². The monoisotopic (exact) mass is 213 g/mol. The van der Waals surface area contributed by atoms with Crippen molar-refractivity contribution in [3.8, 4) is 0 Å². The maximum Gasteiger partial charge on any atom is 0.229 e. The van der Waals surface area contributed by atoms with Gasteiger partial charge in [-0.05, 0) is 12.1 Å². The third-order valence-corrected chi connectivity index (χ3v) is 2.36. The number of hydrogen-bond donors (Lipinski definition) is 1. The van der Waals surface area contributed by atoms with Crippen LogP contribution in [-0.4, -0.2) is 5.78 Å². The van der Waals surface area contributed by atoms with Crippen molar-refractivity contribution in [3.63, 3.8) is 0 Å². The van der Waals surface area contributed by atoms with E-state index in [9.17, 15) is 4.79 Å². The molecule has 0 amide bonds. The molecule has 1 aromatic carbocycles. The second-order valence-electron chi connectivity index (χ2n) is 3.56. The van der Waals surface area contributed by atoms with Gasteiger partial charge in [-0.1, -0.05) is 18.2 Å². The summed E-state index contributed by atoms with van der Waals surface area (Å²) in [5.41, 5.74) is 6.86. The predicted octanol–water partition coefficient (Wildman–Crippen LogP) is 1.44. The number of nitrogen functional groups attached to an aromatic ring is 1. The summed E-state index contributed by atoms with van der Waals surface area (Å²) < 4.78 is 1.83. The second kappa shape index (κ2) is 4.57. The van der Waals surface area contributed by atoms with Gasteiger partial charge in [0.25, 0.3) is 0 Å². The maximum atomic E-state index is 11.9. The molecule has 0 bridgehead atoms. The number of ketones is 1. The van der Waals surface area contributed by atoms with Crippen molar-refractivity contribution in [2.45, 2.75) is 6.54 Å². The van der Waals surface area contributed by atoms with Crippen molar-refractivity contribution in [1.82, 2.24) is 0 Å². The van der Waals surface area contributed by atoms with Crippen molar-refractivity contribution >= 4 is 11.5 Å². The minimum atomic E-state index is 0.0225. The molecule has 0 unspecified atom stereocenters. The first kappa shape index (κ1) is 10.4. The molecule has 1 heterocycles. The van der Waals surface area contributed by atoms with E-state index in [1.807, 2.05) is 47.3 Å². The smallest absolute Gasteiger partial charge is 0.229 e. The molecule has 0 atom stereocenters. The van der Waals surface area contributed by atoms with Gasteiger partial charge in [0.05, 0.1) is 0 Å². The number of nitrogens with zero attached hydrogens (tertiary/aromatic N) is 1. The Hall–Kier alpha value is -2.16. The summed E-state index contributed by atoms with van der Waals surface area (Å²) >= 11 is 0. The molecule has 1 aromatic heterocycles. The molecule has 0 aliphatic carbocycles. The van der Waals surface area contributed by atoms with E-state index < -0.39 is 0 Å². The van der Waals surface area contributed by atoms with E-state index in [1.165, 1.54) is 0 Å². The Kier molecular flexibility index (Phi) is 2.96. The highest BCUT2D eigenvalue weighted by molar-refractivity contribution is 5.99. The van der Waals surface area contributed by atoms with Crippen LogP contribution in [-0.2, 0) is 6.54 Å². The minimum Gasteiger partial charge on any atom is -0.398 e. The molecule has 0 saturated heterocycles. The number of hydrogen-bond acceptors (Lipinski definition) is 2. The highest BCUT2D eigenvalue weighted by atomic mass is 16.1. The molecule has 2 rings (SSSR count). The SMILES string of the molecule is Nc1ccccc1C(=O)C[n+]1ccccc1. The first-order chi connectivity index (χ1) is 7.77. The van der Waals surface area contributed by atoms with Crippen molar-refractivity contribution in [1.29, 1.82) is 0 Å². The molecule has 3 heteroatoms. The van der Waals surface area contributed by atoms with Crippen LogP contribution in [0.3, 0.4) is 0 Å². The van der Waals surface area contributed by atoms with Gasteiger partial charge in [0, 0.05) is 23.4 Å². The van der Waals surface area contributed by atoms with Crippen LogP contribution in [0.5, 0.6) is 0 Å². The molecular formula is C13H13N2O+. The van der Waals surface area contributed by atoms with Gasteiger partial charge in [-0.2, -0.15) is 4.57 Å². The van der Waals surface area contributed by atoms with E-state index >= 15 is 0 Å². The first-order valence-electron chi connectivity index (χ1n) is 5.09. The summed E-state index contributed by atoms with van der Waals surface area (Å²) in [6.45, 7) is 0.315. The average molecular weight is 213 g/mol. The Morgan fingerprint density at radius 2 is 1.75 bits per heavy atom. The number of pyridine rings is 1. The van der Waals surface area contributed by atoms with Gasteiger partial charge in [-0.15, -0.1) is 0 Å². The summed E-state index contributed by atoms with van der Waals surface area (Å²) in [7, 11) is 0. The zero-order valence-corrected chi connectivity index (χ0v) is 8.84. The van der Waals surface area contributed by atoms with Gasteiger partial charge in [0.15, 0.2) is 12.4 Å². The second-order valence-corrected chi connectivity index (χ2v) is 3.56. The number of aromatic nitrogens is 1. The van der Waals surface area contributed by atoms with E-state index in [0.717, 1.165) is 0 Å². The maximum absolute atomic E-state index is 11.9. The molecule has 2 N–H and O–H groups in total. The number of rotatable bonds is 3. The molecule has 16 heavy (non-hydrogen) atoms. The summed E-state index contributed by atoms with van der Waals surface area (Å²) in [6, 6.07) is 12.8. The van der Waals surface area contributed by atoms with Crippen molar-refractivity contribution in [3.05, 3.63) is 60.4 Å². The highest BCUT2D eigenvalue weighted by Gasteiger charge is 2.13. The fraction of sp³-hybridized carbons (Fsp3) is 0.0769. The van der Waals surface area contributed by atoms with E-state index in [2.05, 4.69) is 0 Å². The van der Waals surface area contributed by atoms with Crippen LogP contribution in [0.2, 0.25) is 0 Å². The minimum absolute atomic E-state index is 0.0225. The van der Waals surface area contributed by atoms with Gasteiger partial charge in [0.1, 0.15) is 0 Å². The number of para-hydroxylation sites is 1. The third kappa shape index (κ3) is 2.25. The lowest BCUT2D eigenvalue weighted by Crippen LogP contribution is -2.37. The fourth-order valence-electron chi connectivity index (χ4n) is 1.54. The number of anilines is 1. The molecule has 0 spiro atoms. The highest BCUT2D eigenvalue weighted by Crippen LogP contribution is 2.10. The molecular weight excluding hydrogens is 200 g/mol. The lowest BCUT2D eigenvalue weighted by molar-refractivity contribution is -0.683. The number of nitrogens with two attached hydrogens (primary N) is 1. The Bertz CT molecular complexity index is 494. The van der Waals surface area contributed by atoms with Crippen molar-refractivity contribution < 1.29 is 9.36 Å². The van der Waals surface area contributed by atoms with Gasteiger partial charge in [-0.3, -0.25) is 4.79 Å². The largest absolute Gasteiger partial charge is 0.398 e. The van der Waals surface area contributed by atoms with Crippen LogP contribution in [0.1, 0.15) is 10.4 Å². The van der Waals surface area contributed by atoms with Gasteiger partial charge < -0.3 is 5.73 Å². The number of carbonyl (C=O) groups is 1. The van der Waals surface area contributed by atoms with Crippen LogP contribution in [0.4, 0.5) is 5.69 Å². The average Bonchev–Trinajstić information content (AvgIpc) is 2.31. The number of benzene rings is 1. The first-order valence-corrected chi connectivity index (χ1v) is 5.09. The van der Waals surface area contributed by atoms with Crippen LogP contribution < -0.4 is 10.3 Å². The van der Waals surface area contributed by atoms with Crippen LogP contribution in [0, 0.1) is 0 Å². The quantitative estimate of drug-likeness (QED) is 0.476. The molecule has 3 nitrogen and oxygen atoms in total. The molecule has 0 saturated carbocycles. The van der Waals surface area contributed by atoms with E-state index in [-0.39, 0.29) is 5.78 Å². The molecule has 80 valence electrons. The fourth-order valence-corrected chi connectivity index (χ4v) is 1.54. The zero-order chi connectivity index (χ0) is 11.4. The zero-order valence-electron chi connectivity index (χ0n) is 8.84. The summed E-state index contributed by atoms with van der Waals surface area (Å²) in [5, 5.41) is 0. The Morgan fingerprint density at radius 1 is 1.06 bits per heavy atom. The molecule has 0 fully saturated rings. The van der Waals surface area contributed by atoms with E-state index in [0.29, 0.717) is 17.8 Å².